The predicted molar refractivity (Wildman–Crippen MR) is 66.3 cm³/mol. The van der Waals surface area contributed by atoms with Crippen LogP contribution < -0.4 is 10.6 Å². The molecule has 0 fully saturated rings. The van der Waals surface area contributed by atoms with Crippen molar-refractivity contribution in [3.8, 4) is 0 Å². The van der Waals surface area contributed by atoms with Gasteiger partial charge in [-0.05, 0) is 24.3 Å². The predicted octanol–water partition coefficient (Wildman–Crippen LogP) is 3.28. The molecule has 7 heteroatoms. The van der Waals surface area contributed by atoms with Crippen LogP contribution in [0.1, 0.15) is 5.56 Å². The SMILES string of the molecule is CNc1cncc(Nc2ccc(C(F)(F)F)cc2)n1. The zero-order valence-corrected chi connectivity index (χ0v) is 9.99. The normalized spacial score (nSPS) is 11.2. The van der Waals surface area contributed by atoms with E-state index in [0.717, 1.165) is 12.1 Å². The summed E-state index contributed by atoms with van der Waals surface area (Å²) in [7, 11) is 1.70. The highest BCUT2D eigenvalue weighted by Crippen LogP contribution is 2.30. The lowest BCUT2D eigenvalue weighted by Crippen LogP contribution is -2.04. The molecule has 0 saturated carbocycles. The maximum atomic E-state index is 12.4. The number of hydrogen-bond donors (Lipinski definition) is 2. The molecule has 0 unspecified atom stereocenters. The molecule has 0 aliphatic rings. The molecule has 2 rings (SSSR count). The van der Waals surface area contributed by atoms with Crippen molar-refractivity contribution in [2.75, 3.05) is 17.7 Å². The van der Waals surface area contributed by atoms with E-state index < -0.39 is 11.7 Å². The Morgan fingerprint density at radius 3 is 2.21 bits per heavy atom. The Kier molecular flexibility index (Phi) is 3.55. The summed E-state index contributed by atoms with van der Waals surface area (Å²) in [5, 5.41) is 5.70. The third-order valence-corrected chi connectivity index (χ3v) is 2.38. The quantitative estimate of drug-likeness (QED) is 0.897. The molecule has 0 aliphatic carbocycles. The van der Waals surface area contributed by atoms with Gasteiger partial charge in [-0.2, -0.15) is 13.2 Å². The first-order valence-corrected chi connectivity index (χ1v) is 5.43. The van der Waals surface area contributed by atoms with Gasteiger partial charge in [-0.25, -0.2) is 4.98 Å². The summed E-state index contributed by atoms with van der Waals surface area (Å²) >= 11 is 0. The summed E-state index contributed by atoms with van der Waals surface area (Å²) in [6, 6.07) is 4.71. The molecule has 1 heterocycles. The van der Waals surface area contributed by atoms with Gasteiger partial charge in [0.15, 0.2) is 5.82 Å². The molecular weight excluding hydrogens is 257 g/mol. The van der Waals surface area contributed by atoms with Gasteiger partial charge in [0.1, 0.15) is 5.82 Å². The van der Waals surface area contributed by atoms with Crippen molar-refractivity contribution in [1.82, 2.24) is 9.97 Å². The van der Waals surface area contributed by atoms with Crippen LogP contribution in [-0.4, -0.2) is 17.0 Å². The average molecular weight is 268 g/mol. The Balaban J connectivity index is 2.15. The zero-order chi connectivity index (χ0) is 13.9. The molecular formula is C12H11F3N4. The smallest absolute Gasteiger partial charge is 0.372 e. The highest BCUT2D eigenvalue weighted by molar-refractivity contribution is 5.57. The Labute approximate surface area is 107 Å². The van der Waals surface area contributed by atoms with E-state index >= 15 is 0 Å². The number of rotatable bonds is 3. The van der Waals surface area contributed by atoms with Gasteiger partial charge in [0, 0.05) is 12.7 Å². The van der Waals surface area contributed by atoms with E-state index in [1.165, 1.54) is 24.5 Å². The van der Waals surface area contributed by atoms with Crippen LogP contribution in [0.25, 0.3) is 0 Å². The van der Waals surface area contributed by atoms with E-state index in [1.54, 1.807) is 7.05 Å². The molecule has 1 aromatic heterocycles. The highest BCUT2D eigenvalue weighted by Gasteiger charge is 2.29. The van der Waals surface area contributed by atoms with Crippen molar-refractivity contribution in [3.05, 3.63) is 42.2 Å². The number of benzene rings is 1. The second-order valence-corrected chi connectivity index (χ2v) is 3.74. The minimum Gasteiger partial charge on any atom is -0.372 e. The third kappa shape index (κ3) is 3.34. The maximum Gasteiger partial charge on any atom is 0.416 e. The van der Waals surface area contributed by atoms with Gasteiger partial charge < -0.3 is 10.6 Å². The fourth-order valence-corrected chi connectivity index (χ4v) is 1.44. The van der Waals surface area contributed by atoms with Crippen LogP contribution in [0.4, 0.5) is 30.5 Å². The van der Waals surface area contributed by atoms with E-state index in [4.69, 9.17) is 0 Å². The lowest BCUT2D eigenvalue weighted by atomic mass is 10.2. The maximum absolute atomic E-state index is 12.4. The summed E-state index contributed by atoms with van der Waals surface area (Å²) in [4.78, 5) is 8.09. The number of nitrogens with one attached hydrogen (secondary N) is 2. The number of halogens is 3. The molecule has 0 amide bonds. The molecule has 0 bridgehead atoms. The minimum atomic E-state index is -4.33. The lowest BCUT2D eigenvalue weighted by Gasteiger charge is -2.09. The highest BCUT2D eigenvalue weighted by atomic mass is 19.4. The van der Waals surface area contributed by atoms with Crippen molar-refractivity contribution in [2.24, 2.45) is 0 Å². The van der Waals surface area contributed by atoms with E-state index in [-0.39, 0.29) is 0 Å². The molecule has 100 valence electrons. The number of anilines is 3. The van der Waals surface area contributed by atoms with Gasteiger partial charge in [0.05, 0.1) is 18.0 Å². The second kappa shape index (κ2) is 5.13. The van der Waals surface area contributed by atoms with Crippen molar-refractivity contribution in [2.45, 2.75) is 6.18 Å². The molecule has 0 radical (unpaired) electrons. The summed E-state index contributed by atoms with van der Waals surface area (Å²) in [5.41, 5.74) is -0.177. The fourth-order valence-electron chi connectivity index (χ4n) is 1.44. The van der Waals surface area contributed by atoms with E-state index in [0.29, 0.717) is 17.3 Å². The van der Waals surface area contributed by atoms with Crippen molar-refractivity contribution in [1.29, 1.82) is 0 Å². The van der Waals surface area contributed by atoms with Crippen LogP contribution >= 0.6 is 0 Å². The standard InChI is InChI=1S/C12H11F3N4/c1-16-10-6-17-7-11(19-10)18-9-4-2-8(3-5-9)12(13,14)15/h2-7H,1H3,(H2,16,18,19). The van der Waals surface area contributed by atoms with Gasteiger partial charge in [-0.1, -0.05) is 0 Å². The molecule has 0 atom stereocenters. The Morgan fingerprint density at radius 2 is 1.63 bits per heavy atom. The largest absolute Gasteiger partial charge is 0.416 e. The molecule has 0 saturated heterocycles. The number of aromatic nitrogens is 2. The Hall–Kier alpha value is -2.31. The Morgan fingerprint density at radius 1 is 1.00 bits per heavy atom. The van der Waals surface area contributed by atoms with E-state index in [2.05, 4.69) is 20.6 Å². The molecule has 2 aromatic rings. The van der Waals surface area contributed by atoms with Crippen LogP contribution in [0, 0.1) is 0 Å². The summed E-state index contributed by atoms with van der Waals surface area (Å²) in [5.74, 6) is 1.02. The first-order valence-electron chi connectivity index (χ1n) is 5.43. The topological polar surface area (TPSA) is 49.8 Å². The van der Waals surface area contributed by atoms with Crippen molar-refractivity contribution in [3.63, 3.8) is 0 Å². The van der Waals surface area contributed by atoms with E-state index in [9.17, 15) is 13.2 Å². The number of hydrogen-bond acceptors (Lipinski definition) is 4. The van der Waals surface area contributed by atoms with Crippen molar-refractivity contribution >= 4 is 17.3 Å². The van der Waals surface area contributed by atoms with Gasteiger partial charge in [-0.15, -0.1) is 0 Å². The van der Waals surface area contributed by atoms with Crippen LogP contribution in [0.15, 0.2) is 36.7 Å². The monoisotopic (exact) mass is 268 g/mol. The van der Waals surface area contributed by atoms with Gasteiger partial charge in [-0.3, -0.25) is 4.98 Å². The van der Waals surface area contributed by atoms with Crippen LogP contribution in [0.3, 0.4) is 0 Å². The Bertz CT molecular complexity index is 552. The van der Waals surface area contributed by atoms with Crippen LogP contribution in [0.5, 0.6) is 0 Å². The van der Waals surface area contributed by atoms with Gasteiger partial charge >= 0.3 is 6.18 Å². The first-order chi connectivity index (χ1) is 8.99. The summed E-state index contributed by atoms with van der Waals surface area (Å²) in [6.45, 7) is 0. The fraction of sp³-hybridized carbons (Fsp3) is 0.167. The first kappa shape index (κ1) is 13.1. The summed E-state index contributed by atoms with van der Waals surface area (Å²) in [6.07, 6.45) is -1.30. The van der Waals surface area contributed by atoms with E-state index in [1.807, 2.05) is 0 Å². The average Bonchev–Trinajstić information content (AvgIpc) is 2.38. The van der Waals surface area contributed by atoms with Crippen LogP contribution in [-0.2, 0) is 6.18 Å². The van der Waals surface area contributed by atoms with Gasteiger partial charge in [0.2, 0.25) is 0 Å². The molecule has 0 aliphatic heterocycles. The van der Waals surface area contributed by atoms with Gasteiger partial charge in [0.25, 0.3) is 0 Å². The lowest BCUT2D eigenvalue weighted by molar-refractivity contribution is -0.137. The zero-order valence-electron chi connectivity index (χ0n) is 9.99. The number of nitrogens with zero attached hydrogens (tertiary/aromatic N) is 2. The molecule has 4 nitrogen and oxygen atoms in total. The molecule has 1 aromatic carbocycles. The molecule has 2 N–H and O–H groups in total. The molecule has 0 spiro atoms. The molecule has 19 heavy (non-hydrogen) atoms. The third-order valence-electron chi connectivity index (χ3n) is 2.38. The summed E-state index contributed by atoms with van der Waals surface area (Å²) < 4.78 is 37.2. The number of alkyl halides is 3. The second-order valence-electron chi connectivity index (χ2n) is 3.74. The van der Waals surface area contributed by atoms with Crippen molar-refractivity contribution < 1.29 is 13.2 Å². The van der Waals surface area contributed by atoms with Crippen LogP contribution in [0.2, 0.25) is 0 Å². The minimum absolute atomic E-state index is 0.451.